The van der Waals surface area contributed by atoms with Crippen molar-refractivity contribution >= 4 is 11.9 Å². The normalized spacial score (nSPS) is 16.9. The number of carbonyl (C=O) groups is 2. The van der Waals surface area contributed by atoms with Crippen molar-refractivity contribution in [3.63, 3.8) is 0 Å². The quantitative estimate of drug-likeness (QED) is 0.816. The minimum absolute atomic E-state index is 0.0108. The number of rotatable bonds is 5. The Morgan fingerprint density at radius 2 is 1.93 bits per heavy atom. The molecule has 1 N–H and O–H groups in total. The molecule has 1 amide bonds. The van der Waals surface area contributed by atoms with Crippen molar-refractivity contribution < 1.29 is 14.3 Å². The standard InChI is InChI=1S/C23H27NO3/c1-15-11-12-18(13-16(15)2)14-22(25)27-17(3)23(26)24-21-10-6-8-19-7-4-5-9-20(19)21/h4-5,7,9,11-13,17,21H,6,8,10,14H2,1-3H3,(H,24,26)/t17-,21+/m0/s1. The third-order valence-electron chi connectivity index (χ3n) is 5.28. The van der Waals surface area contributed by atoms with Gasteiger partial charge in [0.25, 0.3) is 5.91 Å². The Labute approximate surface area is 160 Å². The predicted molar refractivity (Wildman–Crippen MR) is 105 cm³/mol. The molecule has 0 saturated heterocycles. The van der Waals surface area contributed by atoms with Crippen LogP contribution in [0.5, 0.6) is 0 Å². The van der Waals surface area contributed by atoms with Gasteiger partial charge in [-0.25, -0.2) is 0 Å². The van der Waals surface area contributed by atoms with E-state index in [-0.39, 0.29) is 24.3 Å². The molecule has 2 aromatic rings. The first-order valence-corrected chi connectivity index (χ1v) is 9.58. The highest BCUT2D eigenvalue weighted by atomic mass is 16.5. The zero-order valence-corrected chi connectivity index (χ0v) is 16.2. The number of aryl methyl sites for hydroxylation is 3. The van der Waals surface area contributed by atoms with E-state index in [1.807, 2.05) is 44.2 Å². The second-order valence-corrected chi connectivity index (χ2v) is 7.38. The van der Waals surface area contributed by atoms with E-state index in [0.717, 1.165) is 30.4 Å². The smallest absolute Gasteiger partial charge is 0.311 e. The zero-order chi connectivity index (χ0) is 19.4. The molecular weight excluding hydrogens is 338 g/mol. The second kappa shape index (κ2) is 8.38. The van der Waals surface area contributed by atoms with Crippen LogP contribution in [0.15, 0.2) is 42.5 Å². The molecule has 0 unspecified atom stereocenters. The van der Waals surface area contributed by atoms with Crippen LogP contribution in [0.25, 0.3) is 0 Å². The average molecular weight is 365 g/mol. The molecule has 0 fully saturated rings. The highest BCUT2D eigenvalue weighted by molar-refractivity contribution is 5.84. The van der Waals surface area contributed by atoms with E-state index in [4.69, 9.17) is 4.74 Å². The fourth-order valence-electron chi connectivity index (χ4n) is 3.57. The largest absolute Gasteiger partial charge is 0.452 e. The minimum Gasteiger partial charge on any atom is -0.452 e. The third kappa shape index (κ3) is 4.76. The van der Waals surface area contributed by atoms with E-state index in [2.05, 4.69) is 17.4 Å². The summed E-state index contributed by atoms with van der Waals surface area (Å²) in [6, 6.07) is 14.1. The van der Waals surface area contributed by atoms with Crippen molar-refractivity contribution in [2.75, 3.05) is 0 Å². The Kier molecular flexibility index (Phi) is 5.94. The van der Waals surface area contributed by atoms with Gasteiger partial charge < -0.3 is 10.1 Å². The van der Waals surface area contributed by atoms with Gasteiger partial charge in [0.1, 0.15) is 0 Å². The molecule has 142 valence electrons. The van der Waals surface area contributed by atoms with Gasteiger partial charge in [-0.3, -0.25) is 9.59 Å². The lowest BCUT2D eigenvalue weighted by Crippen LogP contribution is -2.39. The highest BCUT2D eigenvalue weighted by Gasteiger charge is 2.25. The van der Waals surface area contributed by atoms with Crippen LogP contribution in [0.4, 0.5) is 0 Å². The summed E-state index contributed by atoms with van der Waals surface area (Å²) in [5.74, 6) is -0.630. The first-order chi connectivity index (χ1) is 12.9. The number of esters is 1. The van der Waals surface area contributed by atoms with Crippen LogP contribution in [0, 0.1) is 13.8 Å². The Hall–Kier alpha value is -2.62. The summed E-state index contributed by atoms with van der Waals surface area (Å²) < 4.78 is 5.36. The van der Waals surface area contributed by atoms with Crippen molar-refractivity contribution in [1.82, 2.24) is 5.32 Å². The molecule has 0 radical (unpaired) electrons. The SMILES string of the molecule is Cc1ccc(CC(=O)O[C@@H](C)C(=O)N[C@@H]2CCCc3ccccc32)cc1C. The highest BCUT2D eigenvalue weighted by Crippen LogP contribution is 2.29. The van der Waals surface area contributed by atoms with E-state index in [0.29, 0.717) is 0 Å². The maximum absolute atomic E-state index is 12.5. The molecule has 0 saturated carbocycles. The van der Waals surface area contributed by atoms with Crippen LogP contribution >= 0.6 is 0 Å². The Bertz CT molecular complexity index is 843. The number of benzene rings is 2. The summed E-state index contributed by atoms with van der Waals surface area (Å²) in [7, 11) is 0. The Morgan fingerprint density at radius 1 is 1.15 bits per heavy atom. The fourth-order valence-corrected chi connectivity index (χ4v) is 3.57. The molecule has 0 spiro atoms. The molecule has 0 heterocycles. The number of hydrogen-bond donors (Lipinski definition) is 1. The lowest BCUT2D eigenvalue weighted by atomic mass is 9.87. The van der Waals surface area contributed by atoms with Crippen LogP contribution in [0.3, 0.4) is 0 Å². The van der Waals surface area contributed by atoms with Crippen LogP contribution in [-0.4, -0.2) is 18.0 Å². The van der Waals surface area contributed by atoms with Crippen molar-refractivity contribution in [3.8, 4) is 0 Å². The van der Waals surface area contributed by atoms with E-state index in [1.165, 1.54) is 16.7 Å². The number of nitrogens with one attached hydrogen (secondary N) is 1. The van der Waals surface area contributed by atoms with Crippen molar-refractivity contribution in [2.45, 2.75) is 58.6 Å². The van der Waals surface area contributed by atoms with E-state index >= 15 is 0 Å². The summed E-state index contributed by atoms with van der Waals surface area (Å²) in [5.41, 5.74) is 5.69. The maximum atomic E-state index is 12.5. The predicted octanol–water partition coefficient (Wildman–Crippen LogP) is 3.97. The molecule has 1 aliphatic carbocycles. The van der Waals surface area contributed by atoms with Crippen LogP contribution in [0.2, 0.25) is 0 Å². The van der Waals surface area contributed by atoms with Crippen LogP contribution in [0.1, 0.15) is 53.6 Å². The van der Waals surface area contributed by atoms with E-state index in [9.17, 15) is 9.59 Å². The number of ether oxygens (including phenoxy) is 1. The number of carbonyl (C=O) groups excluding carboxylic acids is 2. The second-order valence-electron chi connectivity index (χ2n) is 7.38. The Balaban J connectivity index is 1.56. The molecular formula is C23H27NO3. The first-order valence-electron chi connectivity index (χ1n) is 9.58. The zero-order valence-electron chi connectivity index (χ0n) is 16.2. The molecule has 0 aromatic heterocycles. The molecule has 0 aliphatic heterocycles. The first kappa shape index (κ1) is 19.2. The third-order valence-corrected chi connectivity index (χ3v) is 5.28. The van der Waals surface area contributed by atoms with Crippen molar-refractivity contribution in [3.05, 3.63) is 70.3 Å². The fraction of sp³-hybridized carbons (Fsp3) is 0.391. The van der Waals surface area contributed by atoms with Gasteiger partial charge in [-0.1, -0.05) is 42.5 Å². The summed E-state index contributed by atoms with van der Waals surface area (Å²) in [4.78, 5) is 24.7. The van der Waals surface area contributed by atoms with Gasteiger partial charge in [0.15, 0.2) is 6.10 Å². The van der Waals surface area contributed by atoms with Gasteiger partial charge in [0.05, 0.1) is 12.5 Å². The minimum atomic E-state index is -0.807. The summed E-state index contributed by atoms with van der Waals surface area (Å²) >= 11 is 0. The summed E-state index contributed by atoms with van der Waals surface area (Å²) in [6.07, 6.45) is 2.36. The molecule has 3 rings (SSSR count). The molecule has 1 aliphatic rings. The van der Waals surface area contributed by atoms with Crippen molar-refractivity contribution in [1.29, 1.82) is 0 Å². The number of hydrogen-bond acceptors (Lipinski definition) is 3. The molecule has 2 atom stereocenters. The summed E-state index contributed by atoms with van der Waals surface area (Å²) in [5, 5.41) is 3.04. The van der Waals surface area contributed by atoms with E-state index in [1.54, 1.807) is 6.92 Å². The van der Waals surface area contributed by atoms with Crippen molar-refractivity contribution in [2.24, 2.45) is 0 Å². The Morgan fingerprint density at radius 3 is 2.70 bits per heavy atom. The van der Waals surface area contributed by atoms with Gasteiger partial charge in [0.2, 0.25) is 0 Å². The number of fused-ring (bicyclic) bond motifs is 1. The monoisotopic (exact) mass is 365 g/mol. The maximum Gasteiger partial charge on any atom is 0.311 e. The average Bonchev–Trinajstić information content (AvgIpc) is 2.65. The topological polar surface area (TPSA) is 55.4 Å². The van der Waals surface area contributed by atoms with Gasteiger partial charge in [-0.2, -0.15) is 0 Å². The summed E-state index contributed by atoms with van der Waals surface area (Å²) in [6.45, 7) is 5.68. The van der Waals surface area contributed by atoms with Crippen LogP contribution in [-0.2, 0) is 27.2 Å². The van der Waals surface area contributed by atoms with Gasteiger partial charge >= 0.3 is 5.97 Å². The van der Waals surface area contributed by atoms with Gasteiger partial charge in [-0.15, -0.1) is 0 Å². The van der Waals surface area contributed by atoms with Gasteiger partial charge in [-0.05, 0) is 67.9 Å². The molecule has 0 bridgehead atoms. The lowest BCUT2D eigenvalue weighted by molar-refractivity contribution is -0.154. The lowest BCUT2D eigenvalue weighted by Gasteiger charge is -2.27. The molecule has 2 aromatic carbocycles. The van der Waals surface area contributed by atoms with Crippen LogP contribution < -0.4 is 5.32 Å². The molecule has 4 nitrogen and oxygen atoms in total. The molecule has 4 heteroatoms. The number of amides is 1. The van der Waals surface area contributed by atoms with Gasteiger partial charge in [0, 0.05) is 0 Å². The molecule has 27 heavy (non-hydrogen) atoms. The van der Waals surface area contributed by atoms with E-state index < -0.39 is 6.10 Å².